The van der Waals surface area contributed by atoms with Crippen molar-refractivity contribution in [2.45, 2.75) is 26.3 Å². The lowest BCUT2D eigenvalue weighted by Gasteiger charge is -1.99. The van der Waals surface area contributed by atoms with Crippen LogP contribution in [0, 0.1) is 0 Å². The predicted octanol–water partition coefficient (Wildman–Crippen LogP) is 1.90. The van der Waals surface area contributed by atoms with Crippen LogP contribution in [0.1, 0.15) is 25.3 Å². The molecule has 0 bridgehead atoms. The van der Waals surface area contributed by atoms with E-state index in [4.69, 9.17) is 0 Å². The topological polar surface area (TPSA) is 27.8 Å². The standard InChI is InChI=1S/C9H16N2/c1-2-3-5-10-7-9-4-6-11-8-9/h4,6,8,10-11H,2-3,5,7H2,1H3. The van der Waals surface area contributed by atoms with Gasteiger partial charge < -0.3 is 10.3 Å². The van der Waals surface area contributed by atoms with Crippen molar-refractivity contribution in [2.75, 3.05) is 6.54 Å². The van der Waals surface area contributed by atoms with Crippen molar-refractivity contribution in [2.24, 2.45) is 0 Å². The van der Waals surface area contributed by atoms with Crippen LogP contribution in [-0.2, 0) is 6.54 Å². The molecule has 62 valence electrons. The van der Waals surface area contributed by atoms with Crippen molar-refractivity contribution in [1.29, 1.82) is 0 Å². The van der Waals surface area contributed by atoms with Crippen LogP contribution in [0.2, 0.25) is 0 Å². The van der Waals surface area contributed by atoms with E-state index >= 15 is 0 Å². The molecule has 1 aromatic heterocycles. The third-order valence-electron chi connectivity index (χ3n) is 1.70. The molecule has 2 nitrogen and oxygen atoms in total. The van der Waals surface area contributed by atoms with Gasteiger partial charge in [-0.1, -0.05) is 13.3 Å². The van der Waals surface area contributed by atoms with Crippen LogP contribution >= 0.6 is 0 Å². The normalized spacial score (nSPS) is 10.3. The Bertz CT molecular complexity index is 168. The molecule has 0 saturated heterocycles. The summed E-state index contributed by atoms with van der Waals surface area (Å²) in [4.78, 5) is 3.03. The molecule has 0 aliphatic heterocycles. The Hall–Kier alpha value is -0.760. The van der Waals surface area contributed by atoms with Crippen molar-refractivity contribution in [3.63, 3.8) is 0 Å². The van der Waals surface area contributed by atoms with Gasteiger partial charge in [0.15, 0.2) is 0 Å². The molecule has 0 aliphatic carbocycles. The minimum atomic E-state index is 0.990. The van der Waals surface area contributed by atoms with E-state index in [9.17, 15) is 0 Å². The number of hydrogen-bond acceptors (Lipinski definition) is 1. The molecular weight excluding hydrogens is 136 g/mol. The Kier molecular flexibility index (Phi) is 3.76. The van der Waals surface area contributed by atoms with Crippen molar-refractivity contribution in [3.8, 4) is 0 Å². The monoisotopic (exact) mass is 152 g/mol. The van der Waals surface area contributed by atoms with Crippen molar-refractivity contribution in [3.05, 3.63) is 24.0 Å². The van der Waals surface area contributed by atoms with Gasteiger partial charge in [0, 0.05) is 18.9 Å². The molecule has 1 heterocycles. The zero-order valence-corrected chi connectivity index (χ0v) is 7.06. The van der Waals surface area contributed by atoms with E-state index in [0.29, 0.717) is 0 Å². The molecule has 0 atom stereocenters. The summed E-state index contributed by atoms with van der Waals surface area (Å²) in [5.74, 6) is 0. The SMILES string of the molecule is CCCCNCc1cc[nH]c1. The zero-order valence-electron chi connectivity index (χ0n) is 7.06. The Balaban J connectivity index is 2.04. The van der Waals surface area contributed by atoms with Gasteiger partial charge in [-0.2, -0.15) is 0 Å². The Morgan fingerprint density at radius 1 is 1.55 bits per heavy atom. The zero-order chi connectivity index (χ0) is 7.94. The third-order valence-corrected chi connectivity index (χ3v) is 1.70. The lowest BCUT2D eigenvalue weighted by atomic mass is 10.3. The maximum Gasteiger partial charge on any atom is 0.0220 e. The molecule has 1 rings (SSSR count). The van der Waals surface area contributed by atoms with Gasteiger partial charge in [0.05, 0.1) is 0 Å². The number of aromatic amines is 1. The second kappa shape index (κ2) is 4.97. The Labute approximate surface area is 68.0 Å². The summed E-state index contributed by atoms with van der Waals surface area (Å²) in [6.45, 7) is 4.32. The molecule has 0 unspecified atom stereocenters. The molecular formula is C9H16N2. The molecule has 1 aromatic rings. The number of hydrogen-bond donors (Lipinski definition) is 2. The first-order valence-electron chi connectivity index (χ1n) is 4.26. The van der Waals surface area contributed by atoms with Crippen LogP contribution in [0.15, 0.2) is 18.5 Å². The minimum Gasteiger partial charge on any atom is -0.367 e. The van der Waals surface area contributed by atoms with Gasteiger partial charge in [0.25, 0.3) is 0 Å². The first kappa shape index (κ1) is 8.34. The molecule has 0 saturated carbocycles. The average molecular weight is 152 g/mol. The van der Waals surface area contributed by atoms with Crippen LogP contribution < -0.4 is 5.32 Å². The number of nitrogens with one attached hydrogen (secondary N) is 2. The van der Waals surface area contributed by atoms with E-state index in [-0.39, 0.29) is 0 Å². The van der Waals surface area contributed by atoms with Crippen molar-refractivity contribution >= 4 is 0 Å². The van der Waals surface area contributed by atoms with Gasteiger partial charge in [-0.25, -0.2) is 0 Å². The van der Waals surface area contributed by atoms with Gasteiger partial charge in [-0.3, -0.25) is 0 Å². The third kappa shape index (κ3) is 3.23. The highest BCUT2D eigenvalue weighted by molar-refractivity contribution is 5.07. The highest BCUT2D eigenvalue weighted by atomic mass is 14.8. The summed E-state index contributed by atoms with van der Waals surface area (Å²) in [7, 11) is 0. The number of rotatable bonds is 5. The van der Waals surface area contributed by atoms with Gasteiger partial charge in [-0.05, 0) is 24.6 Å². The first-order chi connectivity index (χ1) is 5.43. The summed E-state index contributed by atoms with van der Waals surface area (Å²) in [5, 5.41) is 3.37. The fourth-order valence-corrected chi connectivity index (χ4v) is 1.00. The highest BCUT2D eigenvalue weighted by Gasteiger charge is 1.89. The summed E-state index contributed by atoms with van der Waals surface area (Å²) in [6.07, 6.45) is 6.51. The summed E-state index contributed by atoms with van der Waals surface area (Å²) >= 11 is 0. The Morgan fingerprint density at radius 3 is 3.09 bits per heavy atom. The molecule has 0 radical (unpaired) electrons. The summed E-state index contributed by atoms with van der Waals surface area (Å²) in [6, 6.07) is 2.10. The van der Waals surface area contributed by atoms with Gasteiger partial charge >= 0.3 is 0 Å². The summed E-state index contributed by atoms with van der Waals surface area (Å²) in [5.41, 5.74) is 1.33. The van der Waals surface area contributed by atoms with Gasteiger partial charge in [0.1, 0.15) is 0 Å². The van der Waals surface area contributed by atoms with Crippen LogP contribution in [-0.4, -0.2) is 11.5 Å². The molecule has 0 amide bonds. The van der Waals surface area contributed by atoms with E-state index in [0.717, 1.165) is 13.1 Å². The van der Waals surface area contributed by atoms with Crippen molar-refractivity contribution < 1.29 is 0 Å². The van der Waals surface area contributed by atoms with E-state index in [1.54, 1.807) is 0 Å². The van der Waals surface area contributed by atoms with Crippen LogP contribution in [0.4, 0.5) is 0 Å². The number of aromatic nitrogens is 1. The van der Waals surface area contributed by atoms with E-state index < -0.39 is 0 Å². The van der Waals surface area contributed by atoms with E-state index in [1.165, 1.54) is 18.4 Å². The lowest BCUT2D eigenvalue weighted by Crippen LogP contribution is -2.13. The van der Waals surface area contributed by atoms with Crippen LogP contribution in [0.3, 0.4) is 0 Å². The molecule has 0 aromatic carbocycles. The largest absolute Gasteiger partial charge is 0.367 e. The number of unbranched alkanes of at least 4 members (excludes halogenated alkanes) is 1. The van der Waals surface area contributed by atoms with E-state index in [2.05, 4.69) is 23.3 Å². The van der Waals surface area contributed by atoms with E-state index in [1.807, 2.05) is 12.4 Å². The lowest BCUT2D eigenvalue weighted by molar-refractivity contribution is 0.642. The minimum absolute atomic E-state index is 0.990. The molecule has 2 heteroatoms. The highest BCUT2D eigenvalue weighted by Crippen LogP contribution is 1.94. The number of H-pyrrole nitrogens is 1. The van der Waals surface area contributed by atoms with Gasteiger partial charge in [0.2, 0.25) is 0 Å². The smallest absolute Gasteiger partial charge is 0.0220 e. The predicted molar refractivity (Wildman–Crippen MR) is 47.4 cm³/mol. The quantitative estimate of drug-likeness (QED) is 0.620. The Morgan fingerprint density at radius 2 is 2.45 bits per heavy atom. The van der Waals surface area contributed by atoms with Crippen LogP contribution in [0.25, 0.3) is 0 Å². The fourth-order valence-electron chi connectivity index (χ4n) is 1.00. The second-order valence-corrected chi connectivity index (χ2v) is 2.75. The van der Waals surface area contributed by atoms with Crippen LogP contribution in [0.5, 0.6) is 0 Å². The molecule has 0 spiro atoms. The molecule has 2 N–H and O–H groups in total. The summed E-state index contributed by atoms with van der Waals surface area (Å²) < 4.78 is 0. The first-order valence-corrected chi connectivity index (χ1v) is 4.26. The van der Waals surface area contributed by atoms with Gasteiger partial charge in [-0.15, -0.1) is 0 Å². The maximum absolute atomic E-state index is 3.37. The molecule has 0 aliphatic rings. The maximum atomic E-state index is 3.37. The van der Waals surface area contributed by atoms with Crippen molar-refractivity contribution in [1.82, 2.24) is 10.3 Å². The average Bonchev–Trinajstić information content (AvgIpc) is 2.50. The second-order valence-electron chi connectivity index (χ2n) is 2.75. The molecule has 0 fully saturated rings. The fraction of sp³-hybridized carbons (Fsp3) is 0.556. The molecule has 11 heavy (non-hydrogen) atoms.